The Labute approximate surface area is 184 Å². The van der Waals surface area contributed by atoms with E-state index in [1.54, 1.807) is 17.5 Å². The van der Waals surface area contributed by atoms with Gasteiger partial charge in [0.2, 0.25) is 0 Å². The Morgan fingerprint density at radius 3 is 2.50 bits per heavy atom. The van der Waals surface area contributed by atoms with Crippen molar-refractivity contribution in [2.45, 2.75) is 12.8 Å². The normalized spacial score (nSPS) is 16.2. The predicted octanol–water partition coefficient (Wildman–Crippen LogP) is 4.99. The average Bonchev–Trinajstić information content (AvgIpc) is 3.45. The van der Waals surface area contributed by atoms with Crippen molar-refractivity contribution in [3.05, 3.63) is 82.2 Å². The highest BCUT2D eigenvalue weighted by Gasteiger charge is 2.44. The van der Waals surface area contributed by atoms with E-state index in [1.807, 2.05) is 29.2 Å². The molecule has 0 spiro atoms. The van der Waals surface area contributed by atoms with Gasteiger partial charge in [0.25, 0.3) is 11.8 Å². The van der Waals surface area contributed by atoms with Crippen molar-refractivity contribution in [3.63, 3.8) is 0 Å². The van der Waals surface area contributed by atoms with E-state index in [9.17, 15) is 22.8 Å². The lowest BCUT2D eigenvalue weighted by Gasteiger charge is -2.22. The van der Waals surface area contributed by atoms with Crippen LogP contribution in [0.3, 0.4) is 0 Å². The maximum Gasteiger partial charge on any atom is 0.573 e. The van der Waals surface area contributed by atoms with Crippen LogP contribution in [0.1, 0.15) is 10.4 Å². The molecule has 1 aromatic heterocycles. The number of alkyl halides is 3. The Morgan fingerprint density at radius 1 is 0.938 bits per heavy atom. The van der Waals surface area contributed by atoms with Crippen LogP contribution in [0.25, 0.3) is 5.57 Å². The number of imide groups is 1. The van der Waals surface area contributed by atoms with Crippen LogP contribution in [0.4, 0.5) is 24.5 Å². The molecule has 0 aliphatic carbocycles. The Morgan fingerprint density at radius 2 is 1.75 bits per heavy atom. The summed E-state index contributed by atoms with van der Waals surface area (Å²) in [6.45, 7) is 0.521. The molecule has 0 atom stereocenters. The number of rotatable bonds is 4. The second-order valence-corrected chi connectivity index (χ2v) is 8.17. The molecule has 0 bridgehead atoms. The molecule has 5 nitrogen and oxygen atoms in total. The molecule has 5 rings (SSSR count). The van der Waals surface area contributed by atoms with Crippen molar-refractivity contribution in [2.75, 3.05) is 16.3 Å². The lowest BCUT2D eigenvalue weighted by atomic mass is 10.1. The molecule has 32 heavy (non-hydrogen) atoms. The summed E-state index contributed by atoms with van der Waals surface area (Å²) in [5.41, 5.74) is 2.38. The van der Waals surface area contributed by atoms with E-state index in [1.165, 1.54) is 23.5 Å². The van der Waals surface area contributed by atoms with Crippen LogP contribution in [0, 0.1) is 0 Å². The van der Waals surface area contributed by atoms with Crippen molar-refractivity contribution in [1.29, 1.82) is 0 Å². The maximum absolute atomic E-state index is 13.6. The standard InChI is InChI=1S/C23H15F3N2O3S/c24-23(25,26)31-16-7-3-6-15(13-16)28-21(29)19(18-9-4-12-32-18)20(22(28)30)27-11-10-14-5-1-2-8-17(14)27/h1-9,12-13H,10-11H2. The molecule has 3 heterocycles. The van der Waals surface area contributed by atoms with Crippen LogP contribution in [-0.2, 0) is 16.0 Å². The zero-order chi connectivity index (χ0) is 22.5. The number of halogens is 3. The minimum absolute atomic E-state index is 0.0123. The molecule has 0 radical (unpaired) electrons. The van der Waals surface area contributed by atoms with Gasteiger partial charge in [-0.25, -0.2) is 4.90 Å². The number of hydrogen-bond acceptors (Lipinski definition) is 5. The Kier molecular flexibility index (Phi) is 4.78. The van der Waals surface area contributed by atoms with E-state index in [0.29, 0.717) is 17.8 Å². The first-order chi connectivity index (χ1) is 15.3. The van der Waals surface area contributed by atoms with Crippen LogP contribution < -0.4 is 14.5 Å². The summed E-state index contributed by atoms with van der Waals surface area (Å²) >= 11 is 1.32. The third kappa shape index (κ3) is 3.44. The number of benzene rings is 2. The summed E-state index contributed by atoms with van der Waals surface area (Å²) in [6.07, 6.45) is -4.17. The van der Waals surface area contributed by atoms with E-state index < -0.39 is 23.9 Å². The Hall–Kier alpha value is -3.59. The van der Waals surface area contributed by atoms with E-state index in [-0.39, 0.29) is 17.0 Å². The lowest BCUT2D eigenvalue weighted by molar-refractivity contribution is -0.274. The molecule has 2 aromatic carbocycles. The molecule has 9 heteroatoms. The van der Waals surface area contributed by atoms with E-state index in [4.69, 9.17) is 0 Å². The minimum atomic E-state index is -4.89. The van der Waals surface area contributed by atoms with Gasteiger partial charge in [0.1, 0.15) is 11.4 Å². The van der Waals surface area contributed by atoms with Gasteiger partial charge in [-0.3, -0.25) is 9.59 Å². The van der Waals surface area contributed by atoms with Crippen LogP contribution in [-0.4, -0.2) is 24.7 Å². The SMILES string of the molecule is O=C1C(c2cccs2)=C(N2CCc3ccccc32)C(=O)N1c1cccc(OC(F)(F)F)c1. The molecular weight excluding hydrogens is 441 g/mol. The number of para-hydroxylation sites is 1. The molecule has 2 aliphatic rings. The fraction of sp³-hybridized carbons (Fsp3) is 0.130. The fourth-order valence-electron chi connectivity index (χ4n) is 4.04. The van der Waals surface area contributed by atoms with Crippen molar-refractivity contribution < 1.29 is 27.5 Å². The van der Waals surface area contributed by atoms with Gasteiger partial charge in [0, 0.05) is 23.2 Å². The number of nitrogens with zero attached hydrogens (tertiary/aromatic N) is 2. The minimum Gasteiger partial charge on any atom is -0.406 e. The average molecular weight is 456 g/mol. The van der Waals surface area contributed by atoms with Crippen LogP contribution in [0.5, 0.6) is 5.75 Å². The maximum atomic E-state index is 13.6. The van der Waals surface area contributed by atoms with Gasteiger partial charge in [0.15, 0.2) is 0 Å². The number of amides is 2. The summed E-state index contributed by atoms with van der Waals surface area (Å²) < 4.78 is 42.0. The van der Waals surface area contributed by atoms with Crippen molar-refractivity contribution in [3.8, 4) is 5.75 Å². The van der Waals surface area contributed by atoms with Crippen LogP contribution in [0.15, 0.2) is 71.7 Å². The number of thiophene rings is 1. The third-order valence-electron chi connectivity index (χ3n) is 5.29. The number of fused-ring (bicyclic) bond motifs is 1. The zero-order valence-electron chi connectivity index (χ0n) is 16.4. The highest BCUT2D eigenvalue weighted by molar-refractivity contribution is 7.11. The van der Waals surface area contributed by atoms with Crippen LogP contribution in [0.2, 0.25) is 0 Å². The van der Waals surface area contributed by atoms with E-state index in [2.05, 4.69) is 4.74 Å². The molecule has 0 fully saturated rings. The van der Waals surface area contributed by atoms with Gasteiger partial charge in [-0.05, 0) is 41.6 Å². The molecular formula is C23H15F3N2O3S. The quantitative estimate of drug-likeness (QED) is 0.519. The molecule has 2 aliphatic heterocycles. The number of carbonyl (C=O) groups excluding carboxylic acids is 2. The summed E-state index contributed by atoms with van der Waals surface area (Å²) in [5, 5.41) is 1.80. The van der Waals surface area contributed by atoms with E-state index in [0.717, 1.165) is 28.3 Å². The number of ether oxygens (including phenoxy) is 1. The Balaban J connectivity index is 1.60. The lowest BCUT2D eigenvalue weighted by Crippen LogP contribution is -2.35. The summed E-state index contributed by atoms with van der Waals surface area (Å²) in [4.78, 5) is 30.4. The van der Waals surface area contributed by atoms with E-state index >= 15 is 0 Å². The van der Waals surface area contributed by atoms with Crippen LogP contribution >= 0.6 is 11.3 Å². The molecule has 2 amide bonds. The third-order valence-corrected chi connectivity index (χ3v) is 6.18. The molecule has 0 N–H and O–H groups in total. The Bertz CT molecular complexity index is 1250. The predicted molar refractivity (Wildman–Crippen MR) is 114 cm³/mol. The first-order valence-corrected chi connectivity index (χ1v) is 10.6. The fourth-order valence-corrected chi connectivity index (χ4v) is 4.80. The first kappa shape index (κ1) is 20.3. The van der Waals surface area contributed by atoms with Crippen molar-refractivity contribution in [1.82, 2.24) is 0 Å². The topological polar surface area (TPSA) is 49.9 Å². The molecule has 0 saturated heterocycles. The number of carbonyl (C=O) groups is 2. The number of hydrogen-bond donors (Lipinski definition) is 0. The summed E-state index contributed by atoms with van der Waals surface area (Å²) in [5.74, 6) is -1.67. The number of anilines is 2. The van der Waals surface area contributed by atoms with Gasteiger partial charge < -0.3 is 9.64 Å². The van der Waals surface area contributed by atoms with Crippen molar-refractivity contribution >= 4 is 40.1 Å². The largest absolute Gasteiger partial charge is 0.573 e. The van der Waals surface area contributed by atoms with Gasteiger partial charge in [-0.15, -0.1) is 24.5 Å². The molecule has 162 valence electrons. The zero-order valence-corrected chi connectivity index (χ0v) is 17.2. The first-order valence-electron chi connectivity index (χ1n) is 9.72. The molecule has 0 saturated carbocycles. The van der Waals surface area contributed by atoms with Gasteiger partial charge in [-0.2, -0.15) is 0 Å². The second kappa shape index (κ2) is 7.52. The van der Waals surface area contributed by atoms with Gasteiger partial charge in [0.05, 0.1) is 11.3 Å². The molecule has 0 unspecified atom stereocenters. The van der Waals surface area contributed by atoms with Crippen molar-refractivity contribution in [2.24, 2.45) is 0 Å². The highest BCUT2D eigenvalue weighted by Crippen LogP contribution is 2.41. The second-order valence-electron chi connectivity index (χ2n) is 7.22. The smallest absolute Gasteiger partial charge is 0.406 e. The summed E-state index contributed by atoms with van der Waals surface area (Å²) in [7, 11) is 0. The monoisotopic (exact) mass is 456 g/mol. The molecule has 3 aromatic rings. The summed E-state index contributed by atoms with van der Waals surface area (Å²) in [6, 6.07) is 16.0. The van der Waals surface area contributed by atoms with Gasteiger partial charge in [-0.1, -0.05) is 30.3 Å². The van der Waals surface area contributed by atoms with Gasteiger partial charge >= 0.3 is 6.36 Å². The highest BCUT2D eigenvalue weighted by atomic mass is 32.1.